The minimum absolute atomic E-state index is 0.870. The predicted molar refractivity (Wildman–Crippen MR) is 95.9 cm³/mol. The molecule has 0 radical (unpaired) electrons. The molecule has 2 aromatic rings. The van der Waals surface area contributed by atoms with Crippen molar-refractivity contribution in [3.05, 3.63) is 64.7 Å². The molecule has 0 spiro atoms. The van der Waals surface area contributed by atoms with Gasteiger partial charge < -0.3 is 0 Å². The molecule has 0 nitrogen and oxygen atoms in total. The van der Waals surface area contributed by atoms with E-state index in [1.165, 1.54) is 16.3 Å². The topological polar surface area (TPSA) is 0 Å². The zero-order chi connectivity index (χ0) is 14.6. The lowest BCUT2D eigenvalue weighted by Gasteiger charge is -2.16. The third-order valence-electron chi connectivity index (χ3n) is 3.30. The second kappa shape index (κ2) is 6.84. The SMILES string of the molecule is C[Si](C)(C)c1ccc(CSCc2ccccc2Cl)cc1. The quantitative estimate of drug-likeness (QED) is 0.672. The Morgan fingerprint density at radius 1 is 0.900 bits per heavy atom. The second-order valence-corrected chi connectivity index (χ2v) is 12.5. The Bertz CT molecular complexity index is 558. The van der Waals surface area contributed by atoms with Gasteiger partial charge in [0.2, 0.25) is 0 Å². The van der Waals surface area contributed by atoms with Gasteiger partial charge in [0, 0.05) is 16.5 Å². The van der Waals surface area contributed by atoms with Crippen LogP contribution in [0.1, 0.15) is 11.1 Å². The molecule has 0 atom stereocenters. The van der Waals surface area contributed by atoms with E-state index in [4.69, 9.17) is 11.6 Å². The van der Waals surface area contributed by atoms with Crippen molar-refractivity contribution in [1.29, 1.82) is 0 Å². The van der Waals surface area contributed by atoms with E-state index < -0.39 is 8.07 Å². The van der Waals surface area contributed by atoms with Gasteiger partial charge in [0.25, 0.3) is 0 Å². The van der Waals surface area contributed by atoms with Crippen molar-refractivity contribution < 1.29 is 0 Å². The Hall–Kier alpha value is -0.703. The van der Waals surface area contributed by atoms with Gasteiger partial charge in [0.15, 0.2) is 0 Å². The first-order valence-electron chi connectivity index (χ1n) is 6.87. The second-order valence-electron chi connectivity index (χ2n) is 6.03. The summed E-state index contributed by atoms with van der Waals surface area (Å²) in [5.41, 5.74) is 2.61. The highest BCUT2D eigenvalue weighted by molar-refractivity contribution is 7.97. The summed E-state index contributed by atoms with van der Waals surface area (Å²) in [6.45, 7) is 7.15. The van der Waals surface area contributed by atoms with Gasteiger partial charge in [-0.1, -0.05) is 78.9 Å². The lowest BCUT2D eigenvalue weighted by atomic mass is 10.2. The number of thioether (sulfide) groups is 1. The Morgan fingerprint density at radius 3 is 2.15 bits per heavy atom. The smallest absolute Gasteiger partial charge is 0.0775 e. The molecule has 0 aromatic heterocycles. The Labute approximate surface area is 132 Å². The molecule has 2 rings (SSSR count). The minimum Gasteiger partial charge on any atom is -0.152 e. The van der Waals surface area contributed by atoms with Gasteiger partial charge in [0.1, 0.15) is 0 Å². The van der Waals surface area contributed by atoms with E-state index in [-0.39, 0.29) is 0 Å². The number of hydrogen-bond donors (Lipinski definition) is 0. The fraction of sp³-hybridized carbons (Fsp3) is 0.294. The largest absolute Gasteiger partial charge is 0.152 e. The molecular formula is C17H21ClSSi. The van der Waals surface area contributed by atoms with Crippen LogP contribution in [-0.4, -0.2) is 8.07 Å². The van der Waals surface area contributed by atoms with Crippen molar-refractivity contribution in [2.24, 2.45) is 0 Å². The number of benzene rings is 2. The van der Waals surface area contributed by atoms with Crippen molar-refractivity contribution in [1.82, 2.24) is 0 Å². The summed E-state index contributed by atoms with van der Waals surface area (Å²) < 4.78 is 0. The molecule has 3 heteroatoms. The average molecular weight is 321 g/mol. The summed E-state index contributed by atoms with van der Waals surface area (Å²) >= 11 is 8.08. The Kier molecular flexibility index (Phi) is 5.36. The zero-order valence-electron chi connectivity index (χ0n) is 12.3. The number of hydrogen-bond acceptors (Lipinski definition) is 1. The normalized spacial score (nSPS) is 11.6. The predicted octanol–water partition coefficient (Wildman–Crippen LogP) is 5.32. The number of rotatable bonds is 5. The highest BCUT2D eigenvalue weighted by Gasteiger charge is 2.15. The van der Waals surface area contributed by atoms with Crippen molar-refractivity contribution in [3.8, 4) is 0 Å². The molecule has 0 heterocycles. The minimum atomic E-state index is -1.17. The molecule has 0 bridgehead atoms. The van der Waals surface area contributed by atoms with E-state index in [2.05, 4.69) is 50.0 Å². The Balaban J connectivity index is 1.90. The van der Waals surface area contributed by atoms with Gasteiger partial charge in [0.05, 0.1) is 8.07 Å². The van der Waals surface area contributed by atoms with Crippen LogP contribution in [0.5, 0.6) is 0 Å². The van der Waals surface area contributed by atoms with E-state index in [1.54, 1.807) is 0 Å². The summed E-state index contributed by atoms with van der Waals surface area (Å²) in [4.78, 5) is 0. The highest BCUT2D eigenvalue weighted by Crippen LogP contribution is 2.23. The van der Waals surface area contributed by atoms with Gasteiger partial charge in [-0.05, 0) is 17.2 Å². The van der Waals surface area contributed by atoms with Gasteiger partial charge in [-0.15, -0.1) is 0 Å². The van der Waals surface area contributed by atoms with E-state index >= 15 is 0 Å². The molecular weight excluding hydrogens is 300 g/mol. The molecule has 0 saturated carbocycles. The summed E-state index contributed by atoms with van der Waals surface area (Å²) in [6, 6.07) is 17.2. The van der Waals surface area contributed by atoms with E-state index in [9.17, 15) is 0 Å². The third-order valence-corrected chi connectivity index (χ3v) is 6.79. The van der Waals surface area contributed by atoms with Gasteiger partial charge in [-0.3, -0.25) is 0 Å². The summed E-state index contributed by atoms with van der Waals surface area (Å²) in [6.07, 6.45) is 0. The molecule has 0 N–H and O–H groups in total. The van der Waals surface area contributed by atoms with Crippen LogP contribution in [-0.2, 0) is 11.5 Å². The van der Waals surface area contributed by atoms with Crippen molar-refractivity contribution >= 4 is 36.6 Å². The highest BCUT2D eigenvalue weighted by atomic mass is 35.5. The van der Waals surface area contributed by atoms with E-state index in [0.717, 1.165) is 16.5 Å². The van der Waals surface area contributed by atoms with Crippen LogP contribution in [0.3, 0.4) is 0 Å². The first kappa shape index (κ1) is 15.7. The first-order chi connectivity index (χ1) is 9.47. The maximum absolute atomic E-state index is 6.17. The zero-order valence-corrected chi connectivity index (χ0v) is 14.9. The lowest BCUT2D eigenvalue weighted by molar-refractivity contribution is 1.37. The maximum Gasteiger partial charge on any atom is 0.0775 e. The molecule has 0 amide bonds. The maximum atomic E-state index is 6.17. The fourth-order valence-electron chi connectivity index (χ4n) is 2.00. The summed E-state index contributed by atoms with van der Waals surface area (Å²) in [7, 11) is -1.17. The van der Waals surface area contributed by atoms with Crippen molar-refractivity contribution in [3.63, 3.8) is 0 Å². The molecule has 0 unspecified atom stereocenters. The molecule has 0 aliphatic rings. The van der Waals surface area contributed by atoms with Gasteiger partial charge in [-0.2, -0.15) is 11.8 Å². The monoisotopic (exact) mass is 320 g/mol. The van der Waals surface area contributed by atoms with Crippen molar-refractivity contribution in [2.45, 2.75) is 31.1 Å². The van der Waals surface area contributed by atoms with E-state index in [0.29, 0.717) is 0 Å². The lowest BCUT2D eigenvalue weighted by Crippen LogP contribution is -2.37. The molecule has 0 aliphatic carbocycles. The van der Waals surface area contributed by atoms with Gasteiger partial charge >= 0.3 is 0 Å². The molecule has 0 saturated heterocycles. The van der Waals surface area contributed by atoms with Crippen LogP contribution >= 0.6 is 23.4 Å². The fourth-order valence-corrected chi connectivity index (χ4v) is 4.45. The van der Waals surface area contributed by atoms with Crippen molar-refractivity contribution in [2.75, 3.05) is 0 Å². The van der Waals surface area contributed by atoms with Crippen LogP contribution in [0.4, 0.5) is 0 Å². The first-order valence-corrected chi connectivity index (χ1v) is 11.9. The molecule has 20 heavy (non-hydrogen) atoms. The molecule has 0 aliphatic heterocycles. The third kappa shape index (κ3) is 4.40. The van der Waals surface area contributed by atoms with Crippen LogP contribution in [0, 0.1) is 0 Å². The Morgan fingerprint density at radius 2 is 1.55 bits per heavy atom. The number of halogens is 1. The molecule has 2 aromatic carbocycles. The molecule has 0 fully saturated rings. The summed E-state index contributed by atoms with van der Waals surface area (Å²) in [5.74, 6) is 2.01. The van der Waals surface area contributed by atoms with E-state index in [1.807, 2.05) is 30.0 Å². The van der Waals surface area contributed by atoms with Gasteiger partial charge in [-0.25, -0.2) is 0 Å². The van der Waals surface area contributed by atoms with Crippen LogP contribution in [0.25, 0.3) is 0 Å². The van der Waals surface area contributed by atoms with Crippen LogP contribution in [0.15, 0.2) is 48.5 Å². The molecule has 106 valence electrons. The van der Waals surface area contributed by atoms with Crippen LogP contribution < -0.4 is 5.19 Å². The average Bonchev–Trinajstić information content (AvgIpc) is 2.40. The van der Waals surface area contributed by atoms with Crippen LogP contribution in [0.2, 0.25) is 24.7 Å². The summed E-state index contributed by atoms with van der Waals surface area (Å²) in [5, 5.41) is 2.39. The standard InChI is InChI=1S/C17H21ClSSi/c1-20(2,3)16-10-8-14(9-11-16)12-19-13-15-6-4-5-7-17(15)18/h4-11H,12-13H2,1-3H3.